The Labute approximate surface area is 410 Å². The minimum atomic E-state index is -0.552. The predicted octanol–water partition coefficient (Wildman–Crippen LogP) is 19.5. The molecule has 0 spiro atoms. The second-order valence-electron chi connectivity index (χ2n) is 18.8. The van der Waals surface area contributed by atoms with E-state index in [-0.39, 0.29) is 25.2 Å². The number of allylic oxidation sites excluding steroid dienone is 12. The van der Waals surface area contributed by atoms with E-state index < -0.39 is 6.10 Å². The number of unbranched alkanes of at least 4 members (excludes halogenated alkanes) is 29. The molecule has 5 heteroatoms. The van der Waals surface area contributed by atoms with Gasteiger partial charge >= 0.3 is 11.9 Å². The third-order valence-corrected chi connectivity index (χ3v) is 12.2. The van der Waals surface area contributed by atoms with Crippen molar-refractivity contribution >= 4 is 11.9 Å². The van der Waals surface area contributed by atoms with Crippen LogP contribution >= 0.6 is 0 Å². The van der Waals surface area contributed by atoms with E-state index in [9.17, 15) is 9.59 Å². The number of esters is 2. The Morgan fingerprint density at radius 1 is 0.348 bits per heavy atom. The zero-order chi connectivity index (χ0) is 47.7. The molecule has 382 valence electrons. The van der Waals surface area contributed by atoms with Gasteiger partial charge in [0.05, 0.1) is 6.61 Å². The molecule has 0 radical (unpaired) electrons. The molecule has 0 fully saturated rings. The molecule has 66 heavy (non-hydrogen) atoms. The predicted molar refractivity (Wildman–Crippen MR) is 288 cm³/mol. The molecule has 0 N–H and O–H groups in total. The third-order valence-electron chi connectivity index (χ3n) is 12.2. The summed E-state index contributed by atoms with van der Waals surface area (Å²) in [5, 5.41) is 0. The minimum absolute atomic E-state index is 0.0732. The molecule has 0 bridgehead atoms. The highest BCUT2D eigenvalue weighted by Crippen LogP contribution is 2.15. The molecule has 0 aromatic heterocycles. The summed E-state index contributed by atoms with van der Waals surface area (Å²) in [5.74, 6) is -0.408. The quantitative estimate of drug-likeness (QED) is 0.0346. The van der Waals surface area contributed by atoms with E-state index in [1.807, 2.05) is 0 Å². The van der Waals surface area contributed by atoms with E-state index in [1.54, 1.807) is 0 Å². The molecule has 0 aromatic rings. The Bertz CT molecular complexity index is 1180. The van der Waals surface area contributed by atoms with E-state index in [1.165, 1.54) is 161 Å². The van der Waals surface area contributed by atoms with E-state index in [4.69, 9.17) is 14.2 Å². The van der Waals surface area contributed by atoms with Crippen molar-refractivity contribution in [3.05, 3.63) is 72.9 Å². The fraction of sp³-hybridized carbons (Fsp3) is 0.770. The first kappa shape index (κ1) is 63.3. The number of hydrogen-bond donors (Lipinski definition) is 0. The highest BCUT2D eigenvalue weighted by Gasteiger charge is 2.17. The minimum Gasteiger partial charge on any atom is -0.462 e. The van der Waals surface area contributed by atoms with Crippen LogP contribution in [0.5, 0.6) is 0 Å². The summed E-state index contributed by atoms with van der Waals surface area (Å²) in [6.07, 6.45) is 73.5. The SMILES string of the molecule is CC/C=C\C/C=C\C/C=C\C/C=C\C/C=C\CCCCCCOCC(COC(=O)CCCCCCCCC/C=C\CCCCCCCC)OC(=O)CCCCCCCCCCCCCCC. The second kappa shape index (κ2) is 56.7. The van der Waals surface area contributed by atoms with Gasteiger partial charge in [0, 0.05) is 19.4 Å². The first-order chi connectivity index (χ1) is 32.6. The Morgan fingerprint density at radius 2 is 0.682 bits per heavy atom. The number of rotatable bonds is 52. The molecule has 0 amide bonds. The van der Waals surface area contributed by atoms with Crippen molar-refractivity contribution in [1.29, 1.82) is 0 Å². The lowest BCUT2D eigenvalue weighted by atomic mass is 10.0. The molecular formula is C61H108O5. The third kappa shape index (κ3) is 54.0. The van der Waals surface area contributed by atoms with E-state index in [0.717, 1.165) is 83.5 Å². The zero-order valence-electron chi connectivity index (χ0n) is 44.0. The van der Waals surface area contributed by atoms with Crippen LogP contribution in [0.15, 0.2) is 72.9 Å². The summed E-state index contributed by atoms with van der Waals surface area (Å²) >= 11 is 0. The van der Waals surface area contributed by atoms with Crippen LogP contribution in [0.1, 0.15) is 278 Å². The summed E-state index contributed by atoms with van der Waals surface area (Å²) < 4.78 is 17.4. The maximum atomic E-state index is 12.8. The van der Waals surface area contributed by atoms with Crippen LogP contribution in [0.4, 0.5) is 0 Å². The van der Waals surface area contributed by atoms with Crippen LogP contribution in [0.25, 0.3) is 0 Å². The second-order valence-corrected chi connectivity index (χ2v) is 18.8. The summed E-state index contributed by atoms with van der Waals surface area (Å²) in [5.41, 5.74) is 0. The monoisotopic (exact) mass is 921 g/mol. The Balaban J connectivity index is 4.30. The molecule has 0 aromatic carbocycles. The van der Waals surface area contributed by atoms with Crippen LogP contribution in [-0.4, -0.2) is 37.9 Å². The lowest BCUT2D eigenvalue weighted by molar-refractivity contribution is -0.163. The molecule has 0 rings (SSSR count). The summed E-state index contributed by atoms with van der Waals surface area (Å²) in [7, 11) is 0. The first-order valence-electron chi connectivity index (χ1n) is 28.5. The normalized spacial score (nSPS) is 12.7. The standard InChI is InChI=1S/C61H108O5/c1-4-7-10-13-16-19-22-25-27-29-30-31-33-35-38-41-44-47-50-53-56-64-57-59(66-61(63)55-52-49-46-43-40-36-24-21-18-15-12-9-6-3)58-65-60(62)54-51-48-45-42-39-37-34-32-28-26-23-20-17-14-11-8-5-2/h7,10,16,19,25-28,30-31,35,38,59H,4-6,8-9,11-15,17-18,20-24,29,32-34,36-37,39-58H2,1-3H3/b10-7-,19-16-,27-25-,28-26-,31-30-,38-35-. The van der Waals surface area contributed by atoms with Crippen molar-refractivity contribution in [2.75, 3.05) is 19.8 Å². The van der Waals surface area contributed by atoms with Gasteiger partial charge < -0.3 is 14.2 Å². The molecule has 0 saturated carbocycles. The van der Waals surface area contributed by atoms with Crippen LogP contribution in [0, 0.1) is 0 Å². The van der Waals surface area contributed by atoms with E-state index in [0.29, 0.717) is 19.4 Å². The summed E-state index contributed by atoms with van der Waals surface area (Å²) in [6, 6.07) is 0. The largest absolute Gasteiger partial charge is 0.462 e. The maximum Gasteiger partial charge on any atom is 0.306 e. The van der Waals surface area contributed by atoms with Gasteiger partial charge in [0.1, 0.15) is 6.61 Å². The molecule has 0 aliphatic carbocycles. The smallest absolute Gasteiger partial charge is 0.306 e. The summed E-state index contributed by atoms with van der Waals surface area (Å²) in [6.45, 7) is 7.68. The van der Waals surface area contributed by atoms with Crippen molar-refractivity contribution in [3.8, 4) is 0 Å². The van der Waals surface area contributed by atoms with E-state index in [2.05, 4.69) is 93.7 Å². The van der Waals surface area contributed by atoms with Crippen LogP contribution in [0.3, 0.4) is 0 Å². The van der Waals surface area contributed by atoms with Crippen LogP contribution < -0.4 is 0 Å². The van der Waals surface area contributed by atoms with Crippen LogP contribution in [-0.2, 0) is 23.8 Å². The molecule has 5 nitrogen and oxygen atoms in total. The Morgan fingerprint density at radius 3 is 1.11 bits per heavy atom. The zero-order valence-corrected chi connectivity index (χ0v) is 44.0. The molecular weight excluding hydrogens is 813 g/mol. The topological polar surface area (TPSA) is 61.8 Å². The van der Waals surface area contributed by atoms with Gasteiger partial charge in [0.25, 0.3) is 0 Å². The molecule has 0 heterocycles. The van der Waals surface area contributed by atoms with E-state index >= 15 is 0 Å². The molecule has 0 aliphatic heterocycles. The van der Waals surface area contributed by atoms with Gasteiger partial charge in [-0.25, -0.2) is 0 Å². The molecule has 0 saturated heterocycles. The molecule has 1 unspecified atom stereocenters. The fourth-order valence-corrected chi connectivity index (χ4v) is 8.00. The lowest BCUT2D eigenvalue weighted by Crippen LogP contribution is -2.30. The average Bonchev–Trinajstić information content (AvgIpc) is 3.32. The summed E-state index contributed by atoms with van der Waals surface area (Å²) in [4.78, 5) is 25.5. The van der Waals surface area contributed by atoms with Gasteiger partial charge in [-0.3, -0.25) is 9.59 Å². The van der Waals surface area contributed by atoms with Gasteiger partial charge in [-0.1, -0.05) is 248 Å². The van der Waals surface area contributed by atoms with Gasteiger partial charge in [-0.2, -0.15) is 0 Å². The number of hydrogen-bond acceptors (Lipinski definition) is 5. The Kier molecular flexibility index (Phi) is 54.4. The molecule has 1 atom stereocenters. The van der Waals surface area contributed by atoms with Crippen molar-refractivity contribution < 1.29 is 23.8 Å². The fourth-order valence-electron chi connectivity index (χ4n) is 8.00. The van der Waals surface area contributed by atoms with Gasteiger partial charge in [-0.15, -0.1) is 0 Å². The number of carbonyl (C=O) groups excluding carboxylic acids is 2. The number of ether oxygens (including phenoxy) is 3. The highest BCUT2D eigenvalue weighted by atomic mass is 16.6. The maximum absolute atomic E-state index is 12.8. The molecule has 0 aliphatic rings. The first-order valence-corrected chi connectivity index (χ1v) is 28.5. The van der Waals surface area contributed by atoms with Crippen molar-refractivity contribution in [1.82, 2.24) is 0 Å². The van der Waals surface area contributed by atoms with Gasteiger partial charge in [-0.05, 0) is 89.9 Å². The van der Waals surface area contributed by atoms with Crippen molar-refractivity contribution in [2.45, 2.75) is 284 Å². The van der Waals surface area contributed by atoms with Gasteiger partial charge in [0.15, 0.2) is 6.10 Å². The van der Waals surface area contributed by atoms with Crippen molar-refractivity contribution in [3.63, 3.8) is 0 Å². The lowest BCUT2D eigenvalue weighted by Gasteiger charge is -2.18. The number of carbonyl (C=O) groups is 2. The van der Waals surface area contributed by atoms with Crippen molar-refractivity contribution in [2.24, 2.45) is 0 Å². The average molecular weight is 922 g/mol. The highest BCUT2D eigenvalue weighted by molar-refractivity contribution is 5.70. The Hall–Kier alpha value is -2.66. The van der Waals surface area contributed by atoms with Gasteiger partial charge in [0.2, 0.25) is 0 Å². The van der Waals surface area contributed by atoms with Crippen LogP contribution in [0.2, 0.25) is 0 Å².